The highest BCUT2D eigenvalue weighted by atomic mass is 16.3. The van der Waals surface area contributed by atoms with Crippen LogP contribution in [0.25, 0.3) is 0 Å². The molecular formula is C10H18O3. The summed E-state index contributed by atoms with van der Waals surface area (Å²) in [6, 6.07) is 0. The minimum atomic E-state index is -1.14. The molecule has 0 aliphatic rings. The highest BCUT2D eigenvalue weighted by Gasteiger charge is 2.12. The number of allylic oxidation sites excluding steroid dienone is 2. The van der Waals surface area contributed by atoms with E-state index >= 15 is 0 Å². The first kappa shape index (κ1) is 12.4. The van der Waals surface area contributed by atoms with Crippen LogP contribution in [0.2, 0.25) is 0 Å². The lowest BCUT2D eigenvalue weighted by atomic mass is 10.1. The molecule has 0 aromatic heterocycles. The van der Waals surface area contributed by atoms with Crippen molar-refractivity contribution < 1.29 is 15.3 Å². The molecule has 0 bridgehead atoms. The van der Waals surface area contributed by atoms with E-state index in [1.807, 2.05) is 6.92 Å². The SMILES string of the molecule is C/C(=C\CO)C/C=C/[C@](C)(O)CO. The lowest BCUT2D eigenvalue weighted by Gasteiger charge is -2.14. The molecular weight excluding hydrogens is 168 g/mol. The second kappa shape index (κ2) is 5.91. The maximum atomic E-state index is 9.36. The molecule has 0 rings (SSSR count). The topological polar surface area (TPSA) is 60.7 Å². The van der Waals surface area contributed by atoms with Crippen molar-refractivity contribution in [2.24, 2.45) is 0 Å². The molecule has 0 saturated heterocycles. The Morgan fingerprint density at radius 1 is 1.38 bits per heavy atom. The number of hydrogen-bond acceptors (Lipinski definition) is 3. The summed E-state index contributed by atoms with van der Waals surface area (Å²) >= 11 is 0. The van der Waals surface area contributed by atoms with Crippen molar-refractivity contribution in [3.8, 4) is 0 Å². The summed E-state index contributed by atoms with van der Waals surface area (Å²) < 4.78 is 0. The maximum absolute atomic E-state index is 9.36. The van der Waals surface area contributed by atoms with Crippen molar-refractivity contribution in [1.29, 1.82) is 0 Å². The van der Waals surface area contributed by atoms with Crippen LogP contribution in [-0.4, -0.2) is 34.1 Å². The van der Waals surface area contributed by atoms with Crippen molar-refractivity contribution in [1.82, 2.24) is 0 Å². The van der Waals surface area contributed by atoms with Gasteiger partial charge in [0.15, 0.2) is 0 Å². The van der Waals surface area contributed by atoms with Gasteiger partial charge in [-0.2, -0.15) is 0 Å². The van der Waals surface area contributed by atoms with Gasteiger partial charge in [0.25, 0.3) is 0 Å². The second-order valence-corrected chi connectivity index (χ2v) is 3.35. The predicted octanol–water partition coefficient (Wildman–Crippen LogP) is 0.615. The van der Waals surface area contributed by atoms with Crippen molar-refractivity contribution in [3.63, 3.8) is 0 Å². The van der Waals surface area contributed by atoms with Crippen molar-refractivity contribution in [3.05, 3.63) is 23.8 Å². The quantitative estimate of drug-likeness (QED) is 0.551. The van der Waals surface area contributed by atoms with Crippen LogP contribution in [0.4, 0.5) is 0 Å². The van der Waals surface area contributed by atoms with Gasteiger partial charge in [-0.1, -0.05) is 23.8 Å². The fourth-order valence-corrected chi connectivity index (χ4v) is 0.791. The smallest absolute Gasteiger partial charge is 0.103 e. The van der Waals surface area contributed by atoms with Crippen LogP contribution in [-0.2, 0) is 0 Å². The molecule has 0 radical (unpaired) electrons. The van der Waals surface area contributed by atoms with E-state index in [0.717, 1.165) is 5.57 Å². The standard InChI is InChI=1S/C10H18O3/c1-9(5-7-11)4-3-6-10(2,13)8-12/h3,5-6,11-13H,4,7-8H2,1-2H3/b6-3+,9-5+/t10-/m0/s1. The lowest BCUT2D eigenvalue weighted by molar-refractivity contribution is 0.0433. The Balaban J connectivity index is 3.94. The van der Waals surface area contributed by atoms with Gasteiger partial charge in [0.1, 0.15) is 5.60 Å². The molecule has 0 aliphatic heterocycles. The van der Waals surface area contributed by atoms with Crippen LogP contribution in [0.1, 0.15) is 20.3 Å². The van der Waals surface area contributed by atoms with Crippen LogP contribution >= 0.6 is 0 Å². The zero-order chi connectivity index (χ0) is 10.3. The zero-order valence-electron chi connectivity index (χ0n) is 8.20. The van der Waals surface area contributed by atoms with Crippen molar-refractivity contribution in [2.45, 2.75) is 25.9 Å². The summed E-state index contributed by atoms with van der Waals surface area (Å²) in [7, 11) is 0. The molecule has 0 saturated carbocycles. The molecule has 0 fully saturated rings. The van der Waals surface area contributed by atoms with Crippen molar-refractivity contribution in [2.75, 3.05) is 13.2 Å². The van der Waals surface area contributed by atoms with Crippen molar-refractivity contribution >= 4 is 0 Å². The second-order valence-electron chi connectivity index (χ2n) is 3.35. The largest absolute Gasteiger partial charge is 0.393 e. The third-order valence-corrected chi connectivity index (χ3v) is 1.68. The summed E-state index contributed by atoms with van der Waals surface area (Å²) in [5.41, 5.74) is -0.105. The van der Waals surface area contributed by atoms with Crippen LogP contribution in [0.15, 0.2) is 23.8 Å². The van der Waals surface area contributed by atoms with E-state index in [1.165, 1.54) is 6.92 Å². The van der Waals surface area contributed by atoms with Gasteiger partial charge < -0.3 is 15.3 Å². The fourth-order valence-electron chi connectivity index (χ4n) is 0.791. The Morgan fingerprint density at radius 3 is 2.46 bits per heavy atom. The molecule has 76 valence electrons. The van der Waals surface area contributed by atoms with Gasteiger partial charge in [-0.15, -0.1) is 0 Å². The molecule has 0 aromatic rings. The highest BCUT2D eigenvalue weighted by Crippen LogP contribution is 2.07. The highest BCUT2D eigenvalue weighted by molar-refractivity contribution is 5.07. The lowest BCUT2D eigenvalue weighted by Crippen LogP contribution is -2.25. The molecule has 0 spiro atoms. The van der Waals surface area contributed by atoms with Crippen LogP contribution in [0.5, 0.6) is 0 Å². The first-order chi connectivity index (χ1) is 6.02. The first-order valence-electron chi connectivity index (χ1n) is 4.29. The Bertz CT molecular complexity index is 192. The molecule has 3 N–H and O–H groups in total. The molecule has 0 unspecified atom stereocenters. The molecule has 0 amide bonds. The molecule has 13 heavy (non-hydrogen) atoms. The third-order valence-electron chi connectivity index (χ3n) is 1.68. The van der Waals surface area contributed by atoms with Gasteiger partial charge in [-0.05, 0) is 20.3 Å². The monoisotopic (exact) mass is 186 g/mol. The van der Waals surface area contributed by atoms with E-state index in [-0.39, 0.29) is 13.2 Å². The van der Waals surface area contributed by atoms with Crippen LogP contribution in [0.3, 0.4) is 0 Å². The average Bonchev–Trinajstić information content (AvgIpc) is 2.05. The number of hydrogen-bond donors (Lipinski definition) is 3. The Hall–Kier alpha value is -0.640. The minimum absolute atomic E-state index is 0.0378. The van der Waals surface area contributed by atoms with Gasteiger partial charge >= 0.3 is 0 Å². The molecule has 0 aromatic carbocycles. The van der Waals surface area contributed by atoms with E-state index in [2.05, 4.69) is 0 Å². The Kier molecular flexibility index (Phi) is 5.62. The molecule has 3 nitrogen and oxygen atoms in total. The van der Waals surface area contributed by atoms with E-state index in [1.54, 1.807) is 18.2 Å². The predicted molar refractivity (Wildman–Crippen MR) is 52.3 cm³/mol. The average molecular weight is 186 g/mol. The van der Waals surface area contributed by atoms with E-state index in [4.69, 9.17) is 10.2 Å². The van der Waals surface area contributed by atoms with Gasteiger partial charge in [0.2, 0.25) is 0 Å². The normalized spacial score (nSPS) is 17.8. The van der Waals surface area contributed by atoms with E-state index in [0.29, 0.717) is 6.42 Å². The zero-order valence-corrected chi connectivity index (χ0v) is 8.20. The van der Waals surface area contributed by atoms with Crippen LogP contribution < -0.4 is 0 Å². The minimum Gasteiger partial charge on any atom is -0.393 e. The summed E-state index contributed by atoms with van der Waals surface area (Å²) in [6.45, 7) is 3.19. The van der Waals surface area contributed by atoms with Gasteiger partial charge in [-0.25, -0.2) is 0 Å². The summed E-state index contributed by atoms with van der Waals surface area (Å²) in [5.74, 6) is 0. The van der Waals surface area contributed by atoms with Gasteiger partial charge in [0.05, 0.1) is 13.2 Å². The summed E-state index contributed by atoms with van der Waals surface area (Å²) in [6.07, 6.45) is 5.72. The Labute approximate surface area is 79.0 Å². The Morgan fingerprint density at radius 2 is 2.00 bits per heavy atom. The number of aliphatic hydroxyl groups is 3. The van der Waals surface area contributed by atoms with Gasteiger partial charge in [0, 0.05) is 0 Å². The van der Waals surface area contributed by atoms with Gasteiger partial charge in [-0.3, -0.25) is 0 Å². The first-order valence-corrected chi connectivity index (χ1v) is 4.29. The maximum Gasteiger partial charge on any atom is 0.103 e. The fraction of sp³-hybridized carbons (Fsp3) is 0.600. The van der Waals surface area contributed by atoms with E-state index < -0.39 is 5.60 Å². The van der Waals surface area contributed by atoms with Crippen LogP contribution in [0, 0.1) is 0 Å². The summed E-state index contributed by atoms with van der Waals surface area (Å²) in [5, 5.41) is 26.6. The summed E-state index contributed by atoms with van der Waals surface area (Å²) in [4.78, 5) is 0. The molecule has 1 atom stereocenters. The molecule has 3 heteroatoms. The number of rotatable bonds is 5. The van der Waals surface area contributed by atoms with E-state index in [9.17, 15) is 5.11 Å². The molecule has 0 heterocycles. The third kappa shape index (κ3) is 6.51. The molecule has 0 aliphatic carbocycles. The number of aliphatic hydroxyl groups excluding tert-OH is 2.